The second-order valence-electron chi connectivity index (χ2n) is 5.86. The Bertz CT molecular complexity index is 513. The van der Waals surface area contributed by atoms with Gasteiger partial charge < -0.3 is 16.0 Å². The average molecular weight is 291 g/mol. The summed E-state index contributed by atoms with van der Waals surface area (Å²) >= 11 is 0. The molecular formula is C16H25N3O2. The Balaban J connectivity index is 2.79. The molecule has 0 saturated carbocycles. The molecule has 0 heterocycles. The van der Waals surface area contributed by atoms with Gasteiger partial charge in [0.15, 0.2) is 0 Å². The zero-order chi connectivity index (χ0) is 16.2. The third kappa shape index (κ3) is 4.56. The first-order chi connectivity index (χ1) is 9.66. The lowest BCUT2D eigenvalue weighted by molar-refractivity contribution is -0.138. The van der Waals surface area contributed by atoms with Crippen LogP contribution in [0.3, 0.4) is 0 Å². The number of aryl methyl sites for hydroxylation is 2. The zero-order valence-corrected chi connectivity index (χ0v) is 13.5. The van der Waals surface area contributed by atoms with Crippen molar-refractivity contribution >= 4 is 17.5 Å². The quantitative estimate of drug-likeness (QED) is 0.869. The van der Waals surface area contributed by atoms with Gasteiger partial charge in [-0.2, -0.15) is 0 Å². The zero-order valence-electron chi connectivity index (χ0n) is 13.5. The molecule has 2 amide bonds. The Morgan fingerprint density at radius 3 is 2.19 bits per heavy atom. The van der Waals surface area contributed by atoms with E-state index in [1.807, 2.05) is 39.0 Å². The first-order valence-electron chi connectivity index (χ1n) is 7.11. The normalized spacial score (nSPS) is 11.1. The first-order valence-corrected chi connectivity index (χ1v) is 7.11. The first kappa shape index (κ1) is 17.2. The standard InChI is InChI=1S/C16H25N3O2/c1-6-19(15(21)16(4,5)17)10-13(20)18-14-11(2)8-7-9-12(14)3/h7-9H,6,10,17H2,1-5H3,(H,18,20). The Morgan fingerprint density at radius 1 is 1.24 bits per heavy atom. The fourth-order valence-corrected chi connectivity index (χ4v) is 2.10. The monoisotopic (exact) mass is 291 g/mol. The van der Waals surface area contributed by atoms with E-state index in [0.29, 0.717) is 6.54 Å². The molecule has 0 aromatic heterocycles. The Morgan fingerprint density at radius 2 is 1.76 bits per heavy atom. The van der Waals surface area contributed by atoms with Crippen LogP contribution < -0.4 is 11.1 Å². The molecule has 0 bridgehead atoms. The van der Waals surface area contributed by atoms with Gasteiger partial charge in [-0.3, -0.25) is 9.59 Å². The number of para-hydroxylation sites is 1. The number of carbonyl (C=O) groups excluding carboxylic acids is 2. The minimum atomic E-state index is -0.977. The van der Waals surface area contributed by atoms with Crippen molar-refractivity contribution in [1.29, 1.82) is 0 Å². The summed E-state index contributed by atoms with van der Waals surface area (Å²) in [5.74, 6) is -0.450. The van der Waals surface area contributed by atoms with E-state index in [9.17, 15) is 9.59 Å². The van der Waals surface area contributed by atoms with Crippen LogP contribution >= 0.6 is 0 Å². The van der Waals surface area contributed by atoms with Crippen molar-refractivity contribution in [3.8, 4) is 0 Å². The topological polar surface area (TPSA) is 75.4 Å². The van der Waals surface area contributed by atoms with Crippen molar-refractivity contribution in [2.24, 2.45) is 5.73 Å². The maximum atomic E-state index is 12.2. The molecule has 0 spiro atoms. The summed E-state index contributed by atoms with van der Waals surface area (Å²) in [6, 6.07) is 5.82. The maximum absolute atomic E-state index is 12.2. The molecule has 0 saturated heterocycles. The number of nitrogens with zero attached hydrogens (tertiary/aromatic N) is 1. The number of nitrogens with two attached hydrogens (primary N) is 1. The van der Waals surface area contributed by atoms with Crippen LogP contribution in [0.4, 0.5) is 5.69 Å². The van der Waals surface area contributed by atoms with E-state index in [4.69, 9.17) is 5.73 Å². The summed E-state index contributed by atoms with van der Waals surface area (Å²) in [7, 11) is 0. The number of carbonyl (C=O) groups is 2. The fraction of sp³-hybridized carbons (Fsp3) is 0.500. The van der Waals surface area contributed by atoms with Crippen molar-refractivity contribution in [3.63, 3.8) is 0 Å². The van der Waals surface area contributed by atoms with Crippen LogP contribution in [0.25, 0.3) is 0 Å². The van der Waals surface area contributed by atoms with Crippen LogP contribution in [0.15, 0.2) is 18.2 Å². The molecule has 21 heavy (non-hydrogen) atoms. The lowest BCUT2D eigenvalue weighted by Crippen LogP contribution is -2.52. The van der Waals surface area contributed by atoms with E-state index in [1.54, 1.807) is 13.8 Å². The third-order valence-electron chi connectivity index (χ3n) is 3.30. The van der Waals surface area contributed by atoms with Gasteiger partial charge in [0.25, 0.3) is 0 Å². The average Bonchev–Trinajstić information content (AvgIpc) is 2.38. The minimum absolute atomic E-state index is 0.00371. The number of rotatable bonds is 5. The van der Waals surface area contributed by atoms with Gasteiger partial charge in [-0.1, -0.05) is 18.2 Å². The number of likely N-dealkylation sites (N-methyl/N-ethyl adjacent to an activating group) is 1. The molecular weight excluding hydrogens is 266 g/mol. The highest BCUT2D eigenvalue weighted by atomic mass is 16.2. The van der Waals surface area contributed by atoms with Gasteiger partial charge in [-0.15, -0.1) is 0 Å². The summed E-state index contributed by atoms with van der Waals surface area (Å²) in [5, 5.41) is 2.88. The molecule has 0 aliphatic heterocycles. The lowest BCUT2D eigenvalue weighted by atomic mass is 10.1. The molecule has 0 unspecified atom stereocenters. The summed E-state index contributed by atoms with van der Waals surface area (Å²) in [4.78, 5) is 25.8. The predicted molar refractivity (Wildman–Crippen MR) is 85.1 cm³/mol. The van der Waals surface area contributed by atoms with Gasteiger partial charge in [0.05, 0.1) is 12.1 Å². The molecule has 0 radical (unpaired) electrons. The van der Waals surface area contributed by atoms with E-state index in [2.05, 4.69) is 5.32 Å². The molecule has 0 aliphatic carbocycles. The number of anilines is 1. The second-order valence-corrected chi connectivity index (χ2v) is 5.86. The molecule has 1 aromatic carbocycles. The highest BCUT2D eigenvalue weighted by Gasteiger charge is 2.28. The molecule has 1 rings (SSSR count). The lowest BCUT2D eigenvalue weighted by Gasteiger charge is -2.28. The molecule has 0 atom stereocenters. The van der Waals surface area contributed by atoms with E-state index in [0.717, 1.165) is 16.8 Å². The van der Waals surface area contributed by atoms with E-state index < -0.39 is 5.54 Å². The van der Waals surface area contributed by atoms with Crippen molar-refractivity contribution in [2.75, 3.05) is 18.4 Å². The van der Waals surface area contributed by atoms with E-state index in [-0.39, 0.29) is 18.4 Å². The largest absolute Gasteiger partial charge is 0.332 e. The van der Waals surface area contributed by atoms with Crippen LogP contribution in [-0.4, -0.2) is 35.3 Å². The van der Waals surface area contributed by atoms with Gasteiger partial charge in [0.1, 0.15) is 0 Å². The molecule has 0 fully saturated rings. The summed E-state index contributed by atoms with van der Waals surface area (Å²) in [5.41, 5.74) is 7.63. The van der Waals surface area contributed by atoms with Gasteiger partial charge in [-0.25, -0.2) is 0 Å². The second kappa shape index (κ2) is 6.72. The van der Waals surface area contributed by atoms with Crippen LogP contribution in [0.2, 0.25) is 0 Å². The number of hydrogen-bond donors (Lipinski definition) is 2. The predicted octanol–water partition coefficient (Wildman–Crippen LogP) is 1.83. The third-order valence-corrected chi connectivity index (χ3v) is 3.30. The van der Waals surface area contributed by atoms with Gasteiger partial charge in [-0.05, 0) is 45.7 Å². The highest BCUT2D eigenvalue weighted by Crippen LogP contribution is 2.19. The van der Waals surface area contributed by atoms with Crippen LogP contribution in [0.5, 0.6) is 0 Å². The fourth-order valence-electron chi connectivity index (χ4n) is 2.10. The number of amides is 2. The Hall–Kier alpha value is -1.88. The van der Waals surface area contributed by atoms with Crippen LogP contribution in [0.1, 0.15) is 31.9 Å². The Kier molecular flexibility index (Phi) is 5.49. The molecule has 5 heteroatoms. The SMILES string of the molecule is CCN(CC(=O)Nc1c(C)cccc1C)C(=O)C(C)(C)N. The molecule has 0 aliphatic rings. The maximum Gasteiger partial charge on any atom is 0.244 e. The molecule has 5 nitrogen and oxygen atoms in total. The summed E-state index contributed by atoms with van der Waals surface area (Å²) in [6.07, 6.45) is 0. The smallest absolute Gasteiger partial charge is 0.244 e. The van der Waals surface area contributed by atoms with Gasteiger partial charge in [0.2, 0.25) is 11.8 Å². The van der Waals surface area contributed by atoms with Crippen molar-refractivity contribution in [1.82, 2.24) is 4.90 Å². The van der Waals surface area contributed by atoms with Crippen molar-refractivity contribution in [3.05, 3.63) is 29.3 Å². The minimum Gasteiger partial charge on any atom is -0.332 e. The summed E-state index contributed by atoms with van der Waals surface area (Å²) < 4.78 is 0. The van der Waals surface area contributed by atoms with E-state index in [1.165, 1.54) is 4.90 Å². The van der Waals surface area contributed by atoms with E-state index >= 15 is 0 Å². The van der Waals surface area contributed by atoms with Crippen LogP contribution in [0, 0.1) is 13.8 Å². The highest BCUT2D eigenvalue weighted by molar-refractivity contribution is 5.96. The van der Waals surface area contributed by atoms with Gasteiger partial charge >= 0.3 is 0 Å². The Labute approximate surface area is 126 Å². The van der Waals surface area contributed by atoms with Crippen molar-refractivity contribution in [2.45, 2.75) is 40.2 Å². The molecule has 3 N–H and O–H groups in total. The molecule has 116 valence electrons. The number of nitrogens with one attached hydrogen (secondary N) is 1. The number of hydrogen-bond acceptors (Lipinski definition) is 3. The van der Waals surface area contributed by atoms with Crippen LogP contribution in [-0.2, 0) is 9.59 Å². The number of benzene rings is 1. The summed E-state index contributed by atoms with van der Waals surface area (Å²) in [6.45, 7) is 9.44. The van der Waals surface area contributed by atoms with Crippen molar-refractivity contribution < 1.29 is 9.59 Å². The van der Waals surface area contributed by atoms with Gasteiger partial charge in [0, 0.05) is 12.2 Å². The molecule has 1 aromatic rings.